The van der Waals surface area contributed by atoms with Crippen molar-refractivity contribution in [1.82, 2.24) is 18.8 Å². The van der Waals surface area contributed by atoms with E-state index in [1.165, 1.54) is 4.31 Å². The summed E-state index contributed by atoms with van der Waals surface area (Å²) in [5.41, 5.74) is -0.491. The molecule has 0 saturated heterocycles. The molecule has 1 fully saturated rings. The Morgan fingerprint density at radius 3 is 2.54 bits per heavy atom. The third-order valence-corrected chi connectivity index (χ3v) is 6.30. The average Bonchev–Trinajstić information content (AvgIpc) is 3.28. The van der Waals surface area contributed by atoms with Crippen molar-refractivity contribution in [3.63, 3.8) is 0 Å². The van der Waals surface area contributed by atoms with Crippen molar-refractivity contribution >= 4 is 16.1 Å². The molecule has 0 spiro atoms. The quantitative estimate of drug-likeness (QED) is 0.795. The molecule has 2 aliphatic rings. The molecule has 0 bridgehead atoms. The van der Waals surface area contributed by atoms with Crippen LogP contribution >= 0.6 is 0 Å². The van der Waals surface area contributed by atoms with E-state index < -0.39 is 34.5 Å². The number of amides is 1. The summed E-state index contributed by atoms with van der Waals surface area (Å²) in [5.74, 6) is -0.895. The van der Waals surface area contributed by atoms with E-state index in [9.17, 15) is 26.4 Å². The normalized spacial score (nSPS) is 18.0. The van der Waals surface area contributed by atoms with Gasteiger partial charge < -0.3 is 0 Å². The van der Waals surface area contributed by atoms with Gasteiger partial charge in [-0.3, -0.25) is 9.48 Å². The number of nitrogens with one attached hydrogen (secondary N) is 1. The summed E-state index contributed by atoms with van der Waals surface area (Å²) in [6.45, 7) is 1.34. The number of carbonyl (C=O) groups is 1. The van der Waals surface area contributed by atoms with Crippen LogP contribution in [0, 0.1) is 0 Å². The predicted molar refractivity (Wildman–Crippen MR) is 86.3 cm³/mol. The first-order valence-corrected chi connectivity index (χ1v) is 10.1. The van der Waals surface area contributed by atoms with Gasteiger partial charge in [0.15, 0.2) is 5.69 Å². The van der Waals surface area contributed by atoms with Crippen LogP contribution in [0.15, 0.2) is 0 Å². The van der Waals surface area contributed by atoms with Gasteiger partial charge in [0.1, 0.15) is 6.54 Å². The monoisotopic (exact) mass is 394 g/mol. The summed E-state index contributed by atoms with van der Waals surface area (Å²) in [7, 11) is -4.00. The number of rotatable bonds is 6. The molecule has 3 rings (SSSR count). The molecule has 146 valence electrons. The molecule has 0 aliphatic heterocycles. The molecule has 1 amide bonds. The minimum absolute atomic E-state index is 0.111. The maximum atomic E-state index is 13.2. The molecule has 1 heterocycles. The lowest BCUT2D eigenvalue weighted by atomic mass is 9.95. The second-order valence-electron chi connectivity index (χ2n) is 6.60. The van der Waals surface area contributed by atoms with E-state index in [-0.39, 0.29) is 24.6 Å². The largest absolute Gasteiger partial charge is 0.435 e. The van der Waals surface area contributed by atoms with Gasteiger partial charge in [-0.25, -0.2) is 4.72 Å². The lowest BCUT2D eigenvalue weighted by molar-refractivity contribution is -0.142. The Balaban J connectivity index is 1.78. The molecule has 0 atom stereocenters. The molecule has 26 heavy (non-hydrogen) atoms. The fourth-order valence-electron chi connectivity index (χ4n) is 3.39. The van der Waals surface area contributed by atoms with Gasteiger partial charge in [-0.05, 0) is 38.5 Å². The van der Waals surface area contributed by atoms with Crippen LogP contribution in [-0.2, 0) is 40.6 Å². The maximum absolute atomic E-state index is 13.2. The number of aromatic nitrogens is 2. The van der Waals surface area contributed by atoms with Gasteiger partial charge in [0.25, 0.3) is 5.91 Å². The Morgan fingerprint density at radius 1 is 1.31 bits per heavy atom. The molecule has 1 aromatic heterocycles. The van der Waals surface area contributed by atoms with Crippen LogP contribution in [0.5, 0.6) is 0 Å². The Hall–Kier alpha value is -1.62. The molecule has 0 unspecified atom stereocenters. The van der Waals surface area contributed by atoms with E-state index in [1.807, 2.05) is 4.72 Å². The molecule has 1 saturated carbocycles. The molecule has 1 N–H and O–H groups in total. The third-order valence-electron chi connectivity index (χ3n) is 4.64. The summed E-state index contributed by atoms with van der Waals surface area (Å²) < 4.78 is 68.2. The first-order valence-electron chi connectivity index (χ1n) is 8.61. The first-order chi connectivity index (χ1) is 12.1. The van der Waals surface area contributed by atoms with Gasteiger partial charge >= 0.3 is 16.4 Å². The fraction of sp³-hybridized carbons (Fsp3) is 0.733. The Labute approximate surface area is 149 Å². The molecular formula is C15H21F3N4O3S. The summed E-state index contributed by atoms with van der Waals surface area (Å²) in [6.07, 6.45) is -1.12. The second-order valence-corrected chi connectivity index (χ2v) is 8.22. The maximum Gasteiger partial charge on any atom is 0.435 e. The Bertz CT molecular complexity index is 800. The van der Waals surface area contributed by atoms with E-state index in [1.54, 1.807) is 6.92 Å². The second kappa shape index (κ2) is 6.84. The lowest BCUT2D eigenvalue weighted by Crippen LogP contribution is -2.45. The van der Waals surface area contributed by atoms with Crippen molar-refractivity contribution in [3.05, 3.63) is 17.0 Å². The molecule has 0 radical (unpaired) electrons. The lowest BCUT2D eigenvalue weighted by Gasteiger charge is -2.20. The van der Waals surface area contributed by atoms with Crippen molar-refractivity contribution in [2.75, 3.05) is 6.54 Å². The minimum atomic E-state index is -4.60. The van der Waals surface area contributed by atoms with E-state index in [0.29, 0.717) is 25.0 Å². The number of carbonyl (C=O) groups excluding carboxylic acids is 1. The Morgan fingerprint density at radius 2 is 1.96 bits per heavy atom. The van der Waals surface area contributed by atoms with Crippen molar-refractivity contribution in [2.24, 2.45) is 0 Å². The molecule has 1 aromatic rings. The molecular weight excluding hydrogens is 373 g/mol. The highest BCUT2D eigenvalue weighted by Gasteiger charge is 2.40. The fourth-order valence-corrected chi connectivity index (χ4v) is 4.80. The predicted octanol–water partition coefficient (Wildman–Crippen LogP) is 1.63. The highest BCUT2D eigenvalue weighted by molar-refractivity contribution is 7.87. The van der Waals surface area contributed by atoms with Crippen LogP contribution in [0.3, 0.4) is 0 Å². The van der Waals surface area contributed by atoms with Crippen molar-refractivity contribution in [2.45, 2.75) is 64.2 Å². The van der Waals surface area contributed by atoms with Gasteiger partial charge in [0, 0.05) is 23.8 Å². The van der Waals surface area contributed by atoms with E-state index in [4.69, 9.17) is 0 Å². The highest BCUT2D eigenvalue weighted by atomic mass is 32.2. The van der Waals surface area contributed by atoms with Crippen LogP contribution in [0.1, 0.15) is 49.6 Å². The van der Waals surface area contributed by atoms with E-state index >= 15 is 0 Å². The number of nitrogens with zero attached hydrogens (tertiary/aromatic N) is 3. The Kier molecular flexibility index (Phi) is 5.04. The van der Waals surface area contributed by atoms with Crippen molar-refractivity contribution in [1.29, 1.82) is 0 Å². The van der Waals surface area contributed by atoms with Crippen LogP contribution < -0.4 is 4.72 Å². The molecule has 7 nitrogen and oxygen atoms in total. The number of hydrogen-bond acceptors (Lipinski definition) is 4. The number of alkyl halides is 3. The molecule has 11 heteroatoms. The van der Waals surface area contributed by atoms with Crippen LogP contribution in [0.2, 0.25) is 0 Å². The molecule has 0 aromatic carbocycles. The number of fused-ring (bicyclic) bond motifs is 1. The smallest absolute Gasteiger partial charge is 0.272 e. The summed E-state index contributed by atoms with van der Waals surface area (Å²) in [4.78, 5) is 12.2. The summed E-state index contributed by atoms with van der Waals surface area (Å²) in [5, 5.41) is 3.57. The van der Waals surface area contributed by atoms with Crippen LogP contribution in [0.4, 0.5) is 13.2 Å². The van der Waals surface area contributed by atoms with Crippen molar-refractivity contribution in [3.8, 4) is 0 Å². The standard InChI is InChI=1S/C15H21F3N4O3S/c1-2-22(10-7-8-10)26(24,25)20-13(23)9-21-12-6-4-3-5-11(12)14(19-21)15(16,17)18/h10H,2-9H2,1H3,(H,20,23). The van der Waals surface area contributed by atoms with Gasteiger partial charge in [0.05, 0.1) is 0 Å². The average molecular weight is 394 g/mol. The SMILES string of the molecule is CCN(C1CC1)S(=O)(=O)NC(=O)Cn1nc(C(F)(F)F)c2c1CCCC2. The highest BCUT2D eigenvalue weighted by Crippen LogP contribution is 2.35. The summed E-state index contributed by atoms with van der Waals surface area (Å²) >= 11 is 0. The zero-order chi connectivity index (χ0) is 19.1. The van der Waals surface area contributed by atoms with Crippen LogP contribution in [0.25, 0.3) is 0 Å². The number of hydrogen-bond donors (Lipinski definition) is 1. The topological polar surface area (TPSA) is 84.3 Å². The first kappa shape index (κ1) is 19.2. The summed E-state index contributed by atoms with van der Waals surface area (Å²) in [6, 6.07) is -0.111. The zero-order valence-corrected chi connectivity index (χ0v) is 15.2. The third kappa shape index (κ3) is 3.88. The van der Waals surface area contributed by atoms with Gasteiger partial charge in [-0.1, -0.05) is 6.92 Å². The van der Waals surface area contributed by atoms with E-state index in [2.05, 4.69) is 5.10 Å². The van der Waals surface area contributed by atoms with Gasteiger partial charge in [-0.2, -0.15) is 31.0 Å². The minimum Gasteiger partial charge on any atom is -0.272 e. The van der Waals surface area contributed by atoms with Gasteiger partial charge in [-0.15, -0.1) is 0 Å². The van der Waals surface area contributed by atoms with Crippen LogP contribution in [-0.4, -0.2) is 41.0 Å². The molecule has 2 aliphatic carbocycles. The number of halogens is 3. The van der Waals surface area contributed by atoms with E-state index in [0.717, 1.165) is 17.5 Å². The van der Waals surface area contributed by atoms with Gasteiger partial charge in [0.2, 0.25) is 0 Å². The van der Waals surface area contributed by atoms with Crippen molar-refractivity contribution < 1.29 is 26.4 Å². The zero-order valence-electron chi connectivity index (χ0n) is 14.3.